The van der Waals surface area contributed by atoms with Crippen LogP contribution >= 0.6 is 0 Å². The van der Waals surface area contributed by atoms with Crippen molar-refractivity contribution in [3.05, 3.63) is 174 Å². The van der Waals surface area contributed by atoms with Crippen LogP contribution in [-0.4, -0.2) is 21.6 Å². The molecule has 4 aliphatic carbocycles. The first-order chi connectivity index (χ1) is 32.5. The van der Waals surface area contributed by atoms with Crippen LogP contribution in [0.1, 0.15) is 119 Å². The first-order valence-corrected chi connectivity index (χ1v) is 24.8. The van der Waals surface area contributed by atoms with E-state index in [0.717, 1.165) is 56.7 Å². The van der Waals surface area contributed by atoms with E-state index in [4.69, 9.17) is 9.72 Å². The van der Waals surface area contributed by atoms with Crippen LogP contribution in [0.4, 0.5) is 17.1 Å². The van der Waals surface area contributed by atoms with Gasteiger partial charge in [0.15, 0.2) is 0 Å². The molecule has 4 fully saturated rings. The van der Waals surface area contributed by atoms with Crippen LogP contribution in [0, 0.1) is 42.5 Å². The number of pyridine rings is 2. The van der Waals surface area contributed by atoms with E-state index in [9.17, 15) is 0 Å². The number of rotatable bonds is 10. The second-order valence-corrected chi connectivity index (χ2v) is 21.1. The maximum absolute atomic E-state index is 7.07. The van der Waals surface area contributed by atoms with Crippen LogP contribution in [0.15, 0.2) is 128 Å². The number of benzene rings is 5. The largest absolute Gasteiger partial charge is 0.509 e. The predicted molar refractivity (Wildman–Crippen MR) is 274 cm³/mol. The summed E-state index contributed by atoms with van der Waals surface area (Å²) in [6, 6.07) is 47.8. The number of nitrogens with zero attached hydrogens (tertiary/aromatic N) is 5. The molecule has 5 aliphatic rings. The van der Waals surface area contributed by atoms with Crippen molar-refractivity contribution in [2.45, 2.75) is 96.8 Å². The first kappa shape index (κ1) is 44.8. The summed E-state index contributed by atoms with van der Waals surface area (Å²) in [5.41, 5.74) is 14.4. The molecule has 0 spiro atoms. The molecule has 13 rings (SSSR count). The zero-order valence-corrected chi connectivity index (χ0v) is 42.5. The number of para-hydroxylation sites is 3. The molecule has 0 atom stereocenters. The van der Waals surface area contributed by atoms with Gasteiger partial charge in [-0.25, -0.2) is 4.98 Å². The molecule has 4 saturated carbocycles. The Hall–Kier alpha value is -5.71. The summed E-state index contributed by atoms with van der Waals surface area (Å²) in [5.74, 6) is 6.17. The van der Waals surface area contributed by atoms with E-state index in [2.05, 4.69) is 202 Å². The quantitative estimate of drug-likeness (QED) is 0.128. The Labute approximate surface area is 417 Å². The van der Waals surface area contributed by atoms with Crippen LogP contribution in [0.5, 0.6) is 11.5 Å². The van der Waals surface area contributed by atoms with Gasteiger partial charge in [-0.2, -0.15) is 12.7 Å². The minimum Gasteiger partial charge on any atom is -0.509 e. The number of hydrogen-bond acceptors (Lipinski definition) is 5. The van der Waals surface area contributed by atoms with Gasteiger partial charge in [0.2, 0.25) is 0 Å². The topological polar surface area (TPSA) is 46.4 Å². The summed E-state index contributed by atoms with van der Waals surface area (Å²) in [5, 5.41) is 2.29. The smallest absolute Gasteiger partial charge is 0.135 e. The SMILES string of the molecule is CC(C)c1cc(C(C)C)c(-c2cc(Oc3[c-]c4c(cc3)c3ccccc3n4-c3cc(C4(c5ccncc5)C5CC6CC(C5)CC4C6)ccn3)[c-]c(N3[CH-]N(C)c4ccccc43)c2)c(C(C)C)c1.[Pt]. The van der Waals surface area contributed by atoms with E-state index in [-0.39, 0.29) is 26.5 Å². The number of fused-ring (bicyclic) bond motifs is 4. The number of anilines is 3. The van der Waals surface area contributed by atoms with E-state index < -0.39 is 0 Å². The van der Waals surface area contributed by atoms with E-state index in [1.54, 1.807) is 0 Å². The molecule has 6 nitrogen and oxygen atoms in total. The van der Waals surface area contributed by atoms with Crippen molar-refractivity contribution in [2.24, 2.45) is 23.7 Å². The second-order valence-electron chi connectivity index (χ2n) is 21.1. The first-order valence-electron chi connectivity index (χ1n) is 24.8. The minimum atomic E-state index is -0.0641. The Kier molecular flexibility index (Phi) is 11.4. The zero-order chi connectivity index (χ0) is 45.7. The fourth-order valence-corrected chi connectivity index (χ4v) is 13.4. The van der Waals surface area contributed by atoms with Crippen molar-refractivity contribution < 1.29 is 25.8 Å². The van der Waals surface area contributed by atoms with Crippen molar-refractivity contribution in [3.8, 4) is 28.4 Å². The van der Waals surface area contributed by atoms with Gasteiger partial charge < -0.3 is 19.1 Å². The van der Waals surface area contributed by atoms with E-state index in [0.29, 0.717) is 41.1 Å². The summed E-state index contributed by atoms with van der Waals surface area (Å²) < 4.78 is 9.38. The molecule has 4 bridgehead atoms. The Morgan fingerprint density at radius 2 is 1.31 bits per heavy atom. The molecule has 0 N–H and O–H groups in total. The Morgan fingerprint density at radius 1 is 0.647 bits per heavy atom. The summed E-state index contributed by atoms with van der Waals surface area (Å²) in [4.78, 5) is 14.1. The number of hydrogen-bond donors (Lipinski definition) is 0. The van der Waals surface area contributed by atoms with Crippen LogP contribution < -0.4 is 14.5 Å². The van der Waals surface area contributed by atoms with Gasteiger partial charge in [-0.15, -0.1) is 47.0 Å². The molecule has 4 heterocycles. The predicted octanol–water partition coefficient (Wildman–Crippen LogP) is 15.5. The van der Waals surface area contributed by atoms with Crippen LogP contribution in [0.2, 0.25) is 0 Å². The molecule has 0 amide bonds. The van der Waals surface area contributed by atoms with Crippen molar-refractivity contribution in [1.29, 1.82) is 0 Å². The Bertz CT molecular complexity index is 3130. The Morgan fingerprint density at radius 3 is 2.00 bits per heavy atom. The Balaban J connectivity index is 0.00000507. The zero-order valence-electron chi connectivity index (χ0n) is 40.2. The van der Waals surface area contributed by atoms with Gasteiger partial charge >= 0.3 is 0 Å². The number of aromatic nitrogens is 3. The maximum atomic E-state index is 7.07. The van der Waals surface area contributed by atoms with Crippen molar-refractivity contribution in [2.75, 3.05) is 16.8 Å². The fourth-order valence-electron chi connectivity index (χ4n) is 13.4. The van der Waals surface area contributed by atoms with Gasteiger partial charge in [0, 0.05) is 73.5 Å². The van der Waals surface area contributed by atoms with E-state index in [1.165, 1.54) is 70.9 Å². The molecular weight excluding hydrogens is 1010 g/mol. The van der Waals surface area contributed by atoms with Crippen molar-refractivity contribution in [1.82, 2.24) is 14.5 Å². The third kappa shape index (κ3) is 7.22. The van der Waals surface area contributed by atoms with Gasteiger partial charge in [-0.1, -0.05) is 89.5 Å². The van der Waals surface area contributed by atoms with E-state index >= 15 is 0 Å². The number of ether oxygens (including phenoxy) is 1. The summed E-state index contributed by atoms with van der Waals surface area (Å²) >= 11 is 0. The average molecular weight is 1070 g/mol. The van der Waals surface area contributed by atoms with Gasteiger partial charge in [0.25, 0.3) is 0 Å². The molecule has 348 valence electrons. The molecule has 0 radical (unpaired) electrons. The maximum Gasteiger partial charge on any atom is 0.135 e. The third-order valence-corrected chi connectivity index (χ3v) is 16.1. The monoisotopic (exact) mass is 1070 g/mol. The molecular formula is C61H60N5OPt-3. The van der Waals surface area contributed by atoms with Gasteiger partial charge in [-0.05, 0) is 162 Å². The van der Waals surface area contributed by atoms with Crippen molar-refractivity contribution in [3.63, 3.8) is 0 Å². The molecule has 5 aromatic carbocycles. The average Bonchev–Trinajstić information content (AvgIpc) is 3.85. The van der Waals surface area contributed by atoms with Crippen LogP contribution in [0.25, 0.3) is 38.8 Å². The van der Waals surface area contributed by atoms with Gasteiger partial charge in [-0.3, -0.25) is 4.98 Å². The van der Waals surface area contributed by atoms with Crippen molar-refractivity contribution >= 4 is 38.9 Å². The molecule has 1 aliphatic heterocycles. The van der Waals surface area contributed by atoms with Crippen LogP contribution in [0.3, 0.4) is 0 Å². The molecule has 8 aromatic rings. The molecule has 0 unspecified atom stereocenters. The standard InChI is InChI=1S/C61H60N5O.Pt/c1-37(2)42-31-53(38(3)4)60(54(32-42)39(5)6)43-29-48(65-36-64(7)56-14-10-11-15-57(56)65)34-50(30-43)67-49-16-17-52-51-12-8-9-13-55(51)66(58(52)35-49)59-33-45(20-23-63-59)61(44-18-21-62-22-19-44)46-25-40-24-41(27-46)28-47(61)26-40;/h8-23,29-33,36-41,46-47H,24-28H2,1-7H3;/q-3;. The molecule has 7 heteroatoms. The van der Waals surface area contributed by atoms with Gasteiger partial charge in [0.1, 0.15) is 5.82 Å². The minimum absolute atomic E-state index is 0. The van der Waals surface area contributed by atoms with E-state index in [1.807, 2.05) is 12.4 Å². The molecule has 68 heavy (non-hydrogen) atoms. The summed E-state index contributed by atoms with van der Waals surface area (Å²) in [7, 11) is 2.11. The summed E-state index contributed by atoms with van der Waals surface area (Å²) in [6.07, 6.45) is 12.7. The van der Waals surface area contributed by atoms with Gasteiger partial charge in [0.05, 0.1) is 0 Å². The normalized spacial score (nSPS) is 21.7. The van der Waals surface area contributed by atoms with Crippen LogP contribution in [-0.2, 0) is 26.5 Å². The molecule has 3 aromatic heterocycles. The summed E-state index contributed by atoms with van der Waals surface area (Å²) in [6.45, 7) is 16.0. The second kappa shape index (κ2) is 17.4. The third-order valence-electron chi connectivity index (χ3n) is 16.1. The fraction of sp³-hybridized carbons (Fsp3) is 0.328. The molecule has 0 saturated heterocycles.